The van der Waals surface area contributed by atoms with Crippen LogP contribution in [-0.2, 0) is 11.2 Å². The zero-order valence-corrected chi connectivity index (χ0v) is 19.0. The van der Waals surface area contributed by atoms with Gasteiger partial charge in [-0.2, -0.15) is 0 Å². The number of benzene rings is 2. The molecule has 0 aliphatic carbocycles. The lowest BCUT2D eigenvalue weighted by Crippen LogP contribution is -2.06. The number of hydrogen-bond donors (Lipinski definition) is 1. The van der Waals surface area contributed by atoms with Crippen molar-refractivity contribution in [1.29, 1.82) is 0 Å². The molecule has 1 N–H and O–H groups in total. The van der Waals surface area contributed by atoms with Crippen molar-refractivity contribution < 1.29 is 9.53 Å². The van der Waals surface area contributed by atoms with Crippen LogP contribution < -0.4 is 5.32 Å². The van der Waals surface area contributed by atoms with E-state index < -0.39 is 0 Å². The van der Waals surface area contributed by atoms with Gasteiger partial charge in [0.2, 0.25) is 0 Å². The molecule has 4 aromatic rings. The summed E-state index contributed by atoms with van der Waals surface area (Å²) in [6.07, 6.45) is 0.670. The number of hydrogen-bond acceptors (Lipinski definition) is 7. The molecule has 158 valence electrons. The Bertz CT molecular complexity index is 1250. The molecule has 0 atom stereocenters. The molecule has 0 aliphatic heterocycles. The van der Waals surface area contributed by atoms with Crippen LogP contribution in [0.3, 0.4) is 0 Å². The van der Waals surface area contributed by atoms with Crippen LogP contribution in [0.4, 0.5) is 10.9 Å². The van der Waals surface area contributed by atoms with E-state index in [9.17, 15) is 4.79 Å². The zero-order chi connectivity index (χ0) is 22.0. The number of anilines is 2. The van der Waals surface area contributed by atoms with Crippen molar-refractivity contribution in [3.8, 4) is 0 Å². The highest BCUT2D eigenvalue weighted by atomic mass is 35.5. The second kappa shape index (κ2) is 8.99. The van der Waals surface area contributed by atoms with Crippen molar-refractivity contribution in [2.24, 2.45) is 0 Å². The molecule has 2 aromatic heterocycles. The van der Waals surface area contributed by atoms with Gasteiger partial charge in [0.25, 0.3) is 0 Å². The monoisotopic (exact) mass is 452 g/mol. The fourth-order valence-corrected chi connectivity index (χ4v) is 4.31. The van der Waals surface area contributed by atoms with Crippen LogP contribution in [-0.4, -0.2) is 27.5 Å². The van der Waals surface area contributed by atoms with E-state index in [4.69, 9.17) is 16.3 Å². The van der Waals surface area contributed by atoms with Crippen LogP contribution in [0.2, 0.25) is 5.02 Å². The van der Waals surface area contributed by atoms with Gasteiger partial charge in [0.15, 0.2) is 5.13 Å². The molecule has 4 rings (SSSR count). The maximum absolute atomic E-state index is 12.0. The maximum atomic E-state index is 12.0. The summed E-state index contributed by atoms with van der Waals surface area (Å²) in [5, 5.41) is 4.77. The molecule has 0 radical (unpaired) electrons. The Balaban J connectivity index is 1.66. The van der Waals surface area contributed by atoms with Crippen LogP contribution in [0, 0.1) is 13.8 Å². The number of carbonyl (C=O) groups is 1. The predicted octanol–water partition coefficient (Wildman–Crippen LogP) is 5.87. The number of nitrogens with one attached hydrogen (secondary N) is 1. The Labute approximate surface area is 189 Å². The van der Waals surface area contributed by atoms with Gasteiger partial charge in [-0.25, -0.2) is 19.7 Å². The highest BCUT2D eigenvalue weighted by molar-refractivity contribution is 7.22. The summed E-state index contributed by atoms with van der Waals surface area (Å²) < 4.78 is 5.99. The van der Waals surface area contributed by atoms with E-state index in [1.165, 1.54) is 11.3 Å². The third-order valence-electron chi connectivity index (χ3n) is 4.74. The Morgan fingerprint density at radius 1 is 1.10 bits per heavy atom. The van der Waals surface area contributed by atoms with Crippen LogP contribution in [0.15, 0.2) is 42.5 Å². The first kappa shape index (κ1) is 21.2. The van der Waals surface area contributed by atoms with Gasteiger partial charge in [0.05, 0.1) is 22.4 Å². The van der Waals surface area contributed by atoms with E-state index in [0.29, 0.717) is 34.6 Å². The van der Waals surface area contributed by atoms with E-state index >= 15 is 0 Å². The maximum Gasteiger partial charge on any atom is 0.338 e. The third-order valence-corrected chi connectivity index (χ3v) is 5.93. The van der Waals surface area contributed by atoms with E-state index in [1.54, 1.807) is 19.1 Å². The van der Waals surface area contributed by atoms with Crippen molar-refractivity contribution in [3.05, 3.63) is 75.7 Å². The third kappa shape index (κ3) is 4.84. The first-order chi connectivity index (χ1) is 14.9. The standard InChI is InChI=1S/C23H21ClN4O2S/c1-4-30-22(29)16-7-10-19-20(12-16)31-23(27-19)28-21-18(13(2)25-14(3)26-21)11-15-5-8-17(24)9-6-15/h5-10,12H,4,11H2,1-3H3,(H,25,26,27,28). The molecule has 0 unspecified atom stereocenters. The van der Waals surface area contributed by atoms with Crippen molar-refractivity contribution in [2.45, 2.75) is 27.2 Å². The average molecular weight is 453 g/mol. The van der Waals surface area contributed by atoms with Gasteiger partial charge in [0.1, 0.15) is 11.6 Å². The lowest BCUT2D eigenvalue weighted by atomic mass is 10.0. The Kier molecular flexibility index (Phi) is 6.15. The molecule has 0 fully saturated rings. The minimum absolute atomic E-state index is 0.334. The van der Waals surface area contributed by atoms with E-state index in [0.717, 1.165) is 32.9 Å². The van der Waals surface area contributed by atoms with Gasteiger partial charge >= 0.3 is 5.97 Å². The van der Waals surface area contributed by atoms with Gasteiger partial charge in [-0.05, 0) is 56.7 Å². The number of thiazole rings is 1. The number of aryl methyl sites for hydroxylation is 2. The number of esters is 1. The normalized spacial score (nSPS) is 11.0. The first-order valence-electron chi connectivity index (χ1n) is 9.86. The van der Waals surface area contributed by atoms with Gasteiger partial charge < -0.3 is 10.1 Å². The minimum atomic E-state index is -0.334. The van der Waals surface area contributed by atoms with Crippen molar-refractivity contribution in [2.75, 3.05) is 11.9 Å². The second-order valence-electron chi connectivity index (χ2n) is 7.03. The topological polar surface area (TPSA) is 77.0 Å². The van der Waals surface area contributed by atoms with Crippen molar-refractivity contribution >= 4 is 50.1 Å². The highest BCUT2D eigenvalue weighted by Crippen LogP contribution is 2.31. The second-order valence-corrected chi connectivity index (χ2v) is 8.50. The smallest absolute Gasteiger partial charge is 0.338 e. The molecule has 0 aliphatic rings. The number of ether oxygens (including phenoxy) is 1. The Hall–Kier alpha value is -3.03. The number of aromatic nitrogens is 3. The van der Waals surface area contributed by atoms with E-state index in [-0.39, 0.29) is 5.97 Å². The summed E-state index contributed by atoms with van der Waals surface area (Å²) in [6, 6.07) is 13.1. The largest absolute Gasteiger partial charge is 0.462 e. The molecule has 0 amide bonds. The minimum Gasteiger partial charge on any atom is -0.462 e. The lowest BCUT2D eigenvalue weighted by Gasteiger charge is -2.13. The lowest BCUT2D eigenvalue weighted by molar-refractivity contribution is 0.0526. The summed E-state index contributed by atoms with van der Waals surface area (Å²) in [5.41, 5.74) is 4.35. The number of fused-ring (bicyclic) bond motifs is 1. The number of nitrogens with zero attached hydrogens (tertiary/aromatic N) is 3. The molecule has 0 saturated carbocycles. The number of carbonyl (C=O) groups excluding carboxylic acids is 1. The zero-order valence-electron chi connectivity index (χ0n) is 17.4. The Morgan fingerprint density at radius 2 is 1.87 bits per heavy atom. The van der Waals surface area contributed by atoms with Crippen LogP contribution in [0.1, 0.15) is 39.9 Å². The fourth-order valence-electron chi connectivity index (χ4n) is 3.28. The van der Waals surface area contributed by atoms with Gasteiger partial charge in [-0.1, -0.05) is 35.1 Å². The molecule has 6 nitrogen and oxygen atoms in total. The van der Waals surface area contributed by atoms with Crippen molar-refractivity contribution in [1.82, 2.24) is 15.0 Å². The average Bonchev–Trinajstić information content (AvgIpc) is 3.13. The van der Waals surface area contributed by atoms with Gasteiger partial charge in [-0.15, -0.1) is 0 Å². The number of rotatable bonds is 6. The van der Waals surface area contributed by atoms with Crippen LogP contribution >= 0.6 is 22.9 Å². The molecule has 0 saturated heterocycles. The summed E-state index contributed by atoms with van der Waals surface area (Å²) >= 11 is 7.48. The van der Waals surface area contributed by atoms with Crippen molar-refractivity contribution in [3.63, 3.8) is 0 Å². The van der Waals surface area contributed by atoms with E-state index in [1.807, 2.05) is 44.2 Å². The quantitative estimate of drug-likeness (QED) is 0.369. The fraction of sp³-hybridized carbons (Fsp3) is 0.217. The molecule has 0 spiro atoms. The predicted molar refractivity (Wildman–Crippen MR) is 125 cm³/mol. The van der Waals surface area contributed by atoms with E-state index in [2.05, 4.69) is 20.3 Å². The molecule has 0 bridgehead atoms. The SMILES string of the molecule is CCOC(=O)c1ccc2nc(Nc3nc(C)nc(C)c3Cc3ccc(Cl)cc3)sc2c1. The summed E-state index contributed by atoms with van der Waals surface area (Å²) in [7, 11) is 0. The summed E-state index contributed by atoms with van der Waals surface area (Å²) in [4.78, 5) is 25.8. The molecule has 2 aromatic carbocycles. The molecular weight excluding hydrogens is 432 g/mol. The highest BCUT2D eigenvalue weighted by Gasteiger charge is 2.15. The molecule has 8 heteroatoms. The summed E-state index contributed by atoms with van der Waals surface area (Å²) in [5.74, 6) is 1.08. The van der Waals surface area contributed by atoms with Gasteiger partial charge in [0, 0.05) is 22.7 Å². The van der Waals surface area contributed by atoms with Crippen LogP contribution in [0.5, 0.6) is 0 Å². The van der Waals surface area contributed by atoms with Crippen LogP contribution in [0.25, 0.3) is 10.2 Å². The molecular formula is C23H21ClN4O2S. The Morgan fingerprint density at radius 3 is 2.61 bits per heavy atom. The summed E-state index contributed by atoms with van der Waals surface area (Å²) in [6.45, 7) is 5.98. The number of halogens is 1. The molecule has 31 heavy (non-hydrogen) atoms. The van der Waals surface area contributed by atoms with Gasteiger partial charge in [-0.3, -0.25) is 0 Å². The molecule has 2 heterocycles. The first-order valence-corrected chi connectivity index (χ1v) is 11.1.